The first kappa shape index (κ1) is 68.0. The fraction of sp³-hybridized carbons (Fsp3) is 0.893. The van der Waals surface area contributed by atoms with Crippen LogP contribution < -0.4 is 0 Å². The van der Waals surface area contributed by atoms with Crippen LogP contribution in [0.2, 0.25) is 0 Å². The Morgan fingerprint density at radius 1 is 0.429 bits per heavy atom. The predicted octanol–water partition coefficient (Wildman–Crippen LogP) is 9.18. The summed E-state index contributed by atoms with van der Waals surface area (Å²) in [7, 11) is 0. The molecule has 0 fully saturated rings. The van der Waals surface area contributed by atoms with Gasteiger partial charge in [0.15, 0.2) is 0 Å². The number of aliphatic hydroxyl groups is 10. The summed E-state index contributed by atoms with van der Waals surface area (Å²) in [5.74, 6) is -2.15. The van der Waals surface area contributed by atoms with Crippen LogP contribution in [-0.2, 0) is 14.3 Å². The molecular formula is C56H106O14. The first-order valence-electron chi connectivity index (χ1n) is 26.6. The highest BCUT2D eigenvalue weighted by molar-refractivity contribution is 5.73. The van der Waals surface area contributed by atoms with Gasteiger partial charge in [-0.05, 0) is 244 Å². The lowest BCUT2D eigenvalue weighted by Gasteiger charge is -2.31. The van der Waals surface area contributed by atoms with Crippen molar-refractivity contribution in [3.05, 3.63) is 23.3 Å². The number of carboxylic acids is 1. The molecule has 14 nitrogen and oxygen atoms in total. The third-order valence-electron chi connectivity index (χ3n) is 14.4. The molecule has 0 saturated carbocycles. The zero-order valence-electron chi connectivity index (χ0n) is 46.2. The van der Waals surface area contributed by atoms with Crippen molar-refractivity contribution in [1.82, 2.24) is 0 Å². The number of carbonyl (C=O) groups is 2. The van der Waals surface area contributed by atoms with Crippen molar-refractivity contribution in [2.45, 2.75) is 313 Å². The summed E-state index contributed by atoms with van der Waals surface area (Å²) in [6.45, 7) is 20.9. The van der Waals surface area contributed by atoms with Crippen molar-refractivity contribution in [1.29, 1.82) is 0 Å². The Morgan fingerprint density at radius 2 is 0.729 bits per heavy atom. The molecule has 0 spiro atoms. The highest BCUT2D eigenvalue weighted by Gasteiger charge is 2.34. The number of rotatable bonds is 41. The van der Waals surface area contributed by atoms with E-state index in [1.54, 1.807) is 20.8 Å². The zero-order valence-corrected chi connectivity index (χ0v) is 46.2. The first-order chi connectivity index (χ1) is 31.7. The molecule has 0 aromatic carbocycles. The smallest absolute Gasteiger partial charge is 0.308 e. The third kappa shape index (κ3) is 36.0. The van der Waals surface area contributed by atoms with Crippen LogP contribution in [0.3, 0.4) is 0 Å². The van der Waals surface area contributed by atoms with Crippen molar-refractivity contribution in [2.75, 3.05) is 6.61 Å². The second-order valence-corrected chi connectivity index (χ2v) is 24.7. The van der Waals surface area contributed by atoms with Gasteiger partial charge in [-0.25, -0.2) is 0 Å². The molecule has 0 saturated heterocycles. The molecule has 0 amide bonds. The quantitative estimate of drug-likeness (QED) is 0.0202. The zero-order chi connectivity index (χ0) is 54.3. The van der Waals surface area contributed by atoms with Gasteiger partial charge in [0.2, 0.25) is 0 Å². The van der Waals surface area contributed by atoms with E-state index in [0.29, 0.717) is 128 Å². The van der Waals surface area contributed by atoms with Gasteiger partial charge in [-0.2, -0.15) is 0 Å². The molecule has 11 N–H and O–H groups in total. The average molecular weight is 1000 g/mol. The predicted molar refractivity (Wildman–Crippen MR) is 278 cm³/mol. The minimum Gasteiger partial charge on any atom is -0.481 e. The molecule has 0 aliphatic carbocycles. The van der Waals surface area contributed by atoms with Gasteiger partial charge < -0.3 is 60.9 Å². The van der Waals surface area contributed by atoms with Gasteiger partial charge in [-0.3, -0.25) is 9.59 Å². The average Bonchev–Trinajstić information content (AvgIpc) is 3.14. The second kappa shape index (κ2) is 30.4. The van der Waals surface area contributed by atoms with Gasteiger partial charge >= 0.3 is 11.9 Å². The van der Waals surface area contributed by atoms with Crippen LogP contribution in [0.25, 0.3) is 0 Å². The van der Waals surface area contributed by atoms with E-state index in [2.05, 4.69) is 19.9 Å². The summed E-state index contributed by atoms with van der Waals surface area (Å²) in [5.41, 5.74) is -7.30. The lowest BCUT2D eigenvalue weighted by atomic mass is 9.83. The Hall–Kier alpha value is -1.98. The number of hydrogen-bond donors (Lipinski definition) is 11. The Kier molecular flexibility index (Phi) is 29.5. The molecule has 0 aromatic rings. The number of hydrogen-bond acceptors (Lipinski definition) is 13. The molecule has 0 heterocycles. The number of aliphatic hydroxyl groups excluding tert-OH is 1. The number of carboxylic acid groups (broad SMARTS) is 1. The Balaban J connectivity index is 4.50. The molecule has 0 rings (SSSR count). The molecular weight excluding hydrogens is 897 g/mol. The van der Waals surface area contributed by atoms with E-state index in [1.165, 1.54) is 19.4 Å². The minimum atomic E-state index is -1.80. The molecule has 70 heavy (non-hydrogen) atoms. The minimum absolute atomic E-state index is 0.188. The van der Waals surface area contributed by atoms with E-state index in [0.717, 1.165) is 31.3 Å². The maximum atomic E-state index is 12.0. The summed E-state index contributed by atoms with van der Waals surface area (Å²) in [4.78, 5) is 22.9. The maximum absolute atomic E-state index is 12.0. The van der Waals surface area contributed by atoms with E-state index in [1.807, 2.05) is 40.7 Å². The molecule has 7 unspecified atom stereocenters. The van der Waals surface area contributed by atoms with Crippen LogP contribution in [0.1, 0.15) is 256 Å². The van der Waals surface area contributed by atoms with Gasteiger partial charge in [0, 0.05) is 0 Å². The Labute approximate surface area is 424 Å². The van der Waals surface area contributed by atoms with Crippen molar-refractivity contribution in [3.8, 4) is 0 Å². The maximum Gasteiger partial charge on any atom is 0.308 e. The number of aliphatic carboxylic acids is 1. The molecule has 10 atom stereocenters. The van der Waals surface area contributed by atoms with E-state index < -0.39 is 87.9 Å². The molecule has 0 bridgehead atoms. The topological polar surface area (TPSA) is 266 Å². The van der Waals surface area contributed by atoms with Gasteiger partial charge in [0.05, 0.1) is 63.3 Å². The van der Waals surface area contributed by atoms with Crippen LogP contribution in [-0.4, -0.2) is 131 Å². The number of carbonyl (C=O) groups excluding carboxylic acids is 1. The van der Waals surface area contributed by atoms with Crippen LogP contribution in [0, 0.1) is 0 Å². The van der Waals surface area contributed by atoms with E-state index in [-0.39, 0.29) is 6.42 Å². The molecule has 14 heteroatoms. The number of allylic oxidation sites excluding steroid dienone is 4. The van der Waals surface area contributed by atoms with Crippen LogP contribution >= 0.6 is 0 Å². The Bertz CT molecular complexity index is 1550. The summed E-state index contributed by atoms with van der Waals surface area (Å²) >= 11 is 0. The second-order valence-electron chi connectivity index (χ2n) is 24.7. The van der Waals surface area contributed by atoms with E-state index in [9.17, 15) is 60.7 Å². The van der Waals surface area contributed by atoms with Crippen LogP contribution in [0.5, 0.6) is 0 Å². The highest BCUT2D eigenvalue weighted by atomic mass is 16.5. The van der Waals surface area contributed by atoms with Gasteiger partial charge in [0.1, 0.15) is 12.7 Å². The first-order valence-corrected chi connectivity index (χ1v) is 26.6. The van der Waals surface area contributed by atoms with Crippen molar-refractivity contribution in [3.63, 3.8) is 0 Å². The van der Waals surface area contributed by atoms with Crippen molar-refractivity contribution < 1.29 is 70.5 Å². The third-order valence-corrected chi connectivity index (χ3v) is 14.4. The van der Waals surface area contributed by atoms with E-state index in [4.69, 9.17) is 9.84 Å². The fourth-order valence-electron chi connectivity index (χ4n) is 9.38. The molecule has 414 valence electrons. The Morgan fingerprint density at radius 3 is 1.04 bits per heavy atom. The van der Waals surface area contributed by atoms with Crippen molar-refractivity contribution >= 4 is 11.9 Å². The van der Waals surface area contributed by atoms with Crippen molar-refractivity contribution in [2.24, 2.45) is 0 Å². The van der Waals surface area contributed by atoms with Gasteiger partial charge in [-0.1, -0.05) is 23.3 Å². The van der Waals surface area contributed by atoms with Gasteiger partial charge in [0.25, 0.3) is 0 Å². The SMILES string of the molecule is CC(C)=CCCC(C)(O)CCCC(C)(O)CCCC(C)(O)CCCC(C)(O)CCCC(C)(O)CCCC(C)(O)CCCC(C)(O)CCC/C(C)=C/CC[C@](C)(O)[C@H](O)COC(=O)C[C@@](C)(O)CC(=O)O. The lowest BCUT2D eigenvalue weighted by Crippen LogP contribution is -2.43. The number of esters is 1. The lowest BCUT2D eigenvalue weighted by molar-refractivity contribution is -0.159. The van der Waals surface area contributed by atoms with Gasteiger partial charge in [-0.15, -0.1) is 0 Å². The van der Waals surface area contributed by atoms with Crippen LogP contribution in [0.4, 0.5) is 0 Å². The molecule has 0 aliphatic heterocycles. The monoisotopic (exact) mass is 1000 g/mol. The molecule has 0 radical (unpaired) electrons. The van der Waals surface area contributed by atoms with Crippen LogP contribution in [0.15, 0.2) is 23.3 Å². The summed E-state index contributed by atoms with van der Waals surface area (Å²) in [6.07, 6.45) is 16.2. The molecule has 0 aliphatic rings. The summed E-state index contributed by atoms with van der Waals surface area (Å²) in [6, 6.07) is 0. The summed E-state index contributed by atoms with van der Waals surface area (Å²) < 4.78 is 4.97. The summed E-state index contributed by atoms with van der Waals surface area (Å²) in [5, 5.41) is 117. The standard InChI is InChI=1S/C56H106O14/c1-43(2)22-13-25-48(4,61)27-16-29-50(6,63)31-18-33-52(8,65)35-20-37-54(10,67)38-21-36-53(9,66)34-19-32-51(7,64)30-17-28-49(5,62)26-14-23-44(3)24-15-39-56(12,69)45(57)42-70-47(60)41-55(11,68)40-46(58)59/h22,24,45,57,61-69H,13-21,23,25-42H2,1-12H3,(H,58,59)/b44-24+/t45-,48?,49?,50?,51?,52?,53?,54?,55+,56+/m1/s1. The molecule has 0 aromatic heterocycles. The van der Waals surface area contributed by atoms with E-state index >= 15 is 0 Å². The fourth-order valence-corrected chi connectivity index (χ4v) is 9.38. The normalized spacial score (nSPS) is 20.7. The number of ether oxygens (including phenoxy) is 1. The largest absolute Gasteiger partial charge is 0.481 e. The highest BCUT2D eigenvalue weighted by Crippen LogP contribution is 2.33.